The SMILES string of the molecule is CN(C)c1ccc2c(-c3ccc(C(=O)NCCCCCN4CCN(Cc5ccc6c(c5)CN(C(=O)c5c(O)cc(O)cc5OCc5ccccc5)C6)CC4)cc3C(=O)[O-])c3ccc(=[N+](C)C)cc-3oc2c1. The first kappa shape index (κ1) is 48.3. The van der Waals surface area contributed by atoms with Crippen molar-refractivity contribution in [2.24, 2.45) is 0 Å². The van der Waals surface area contributed by atoms with Gasteiger partial charge in [-0.05, 0) is 77.5 Å². The van der Waals surface area contributed by atoms with Gasteiger partial charge in [-0.2, -0.15) is 0 Å². The Hall–Kier alpha value is -7.68. The summed E-state index contributed by atoms with van der Waals surface area (Å²) in [6, 6.07) is 34.9. The van der Waals surface area contributed by atoms with E-state index in [4.69, 9.17) is 9.15 Å². The van der Waals surface area contributed by atoms with Crippen LogP contribution in [0, 0.1) is 0 Å². The van der Waals surface area contributed by atoms with Crippen LogP contribution in [-0.4, -0.2) is 110 Å². The molecule has 0 radical (unpaired) electrons. The predicted octanol–water partition coefficient (Wildman–Crippen LogP) is 6.53. The van der Waals surface area contributed by atoms with Crippen LogP contribution >= 0.6 is 0 Å². The number of anilines is 1. The summed E-state index contributed by atoms with van der Waals surface area (Å²) in [5, 5.41) is 38.4. The van der Waals surface area contributed by atoms with Crippen molar-refractivity contribution in [3.8, 4) is 39.7 Å². The molecule has 0 unspecified atom stereocenters. The van der Waals surface area contributed by atoms with E-state index in [1.165, 1.54) is 23.8 Å². The zero-order valence-electron chi connectivity index (χ0n) is 40.7. The molecule has 14 heteroatoms. The Kier molecular flexibility index (Phi) is 14.4. The smallest absolute Gasteiger partial charge is 0.262 e. The van der Waals surface area contributed by atoms with E-state index in [0.29, 0.717) is 42.1 Å². The maximum Gasteiger partial charge on any atom is 0.262 e. The molecular formula is C57H60N6O8. The monoisotopic (exact) mass is 956 g/mol. The molecule has 71 heavy (non-hydrogen) atoms. The molecule has 2 amide bonds. The lowest BCUT2D eigenvalue weighted by molar-refractivity contribution is -0.254. The fraction of sp³-hybridized carbons (Fsp3) is 0.298. The van der Waals surface area contributed by atoms with E-state index in [2.05, 4.69) is 33.3 Å². The van der Waals surface area contributed by atoms with Gasteiger partial charge in [-0.25, -0.2) is 4.58 Å². The summed E-state index contributed by atoms with van der Waals surface area (Å²) in [4.78, 5) is 48.6. The fourth-order valence-corrected chi connectivity index (χ4v) is 9.66. The van der Waals surface area contributed by atoms with Crippen LogP contribution in [0.2, 0.25) is 0 Å². The second-order valence-corrected chi connectivity index (χ2v) is 19.0. The fourth-order valence-electron chi connectivity index (χ4n) is 9.66. The lowest BCUT2D eigenvalue weighted by atomic mass is 9.89. The summed E-state index contributed by atoms with van der Waals surface area (Å²) in [7, 11) is 7.80. The maximum atomic E-state index is 13.8. The Morgan fingerprint density at radius 1 is 0.775 bits per heavy atom. The molecule has 0 spiro atoms. The molecular weight excluding hydrogens is 897 g/mol. The molecule has 366 valence electrons. The van der Waals surface area contributed by atoms with Gasteiger partial charge in [-0.15, -0.1) is 0 Å². The van der Waals surface area contributed by atoms with Crippen LogP contribution in [0.15, 0.2) is 120 Å². The van der Waals surface area contributed by atoms with Crippen molar-refractivity contribution in [3.05, 3.63) is 160 Å². The standard InChI is InChI=1S/C57H60N6O8/c1-59(2)42-16-19-46-50(29-42)71-51-30-43(60(3)4)17-20-47(51)53(46)45-18-15-39(28-48(45)57(68)69)55(66)58-21-9-6-10-22-61-23-25-62(26-24-61)33-38-13-14-40-34-63(35-41(40)27-38)56(67)54-49(65)31-44(64)32-52(54)70-36-37-11-7-5-8-12-37/h5,7-8,11-20,27-32H,6,9-10,21-26,33-36H2,1-4H3,(H3-,58,64,65,66,67,68,69). The van der Waals surface area contributed by atoms with E-state index in [1.807, 2.05) is 104 Å². The summed E-state index contributed by atoms with van der Waals surface area (Å²) in [6.07, 6.45) is 2.74. The Morgan fingerprint density at radius 2 is 1.54 bits per heavy atom. The number of carboxylic acids is 1. The summed E-state index contributed by atoms with van der Waals surface area (Å²) in [5.74, 6) is -1.82. The molecule has 14 nitrogen and oxygen atoms in total. The lowest BCUT2D eigenvalue weighted by Crippen LogP contribution is -2.46. The van der Waals surface area contributed by atoms with E-state index in [9.17, 15) is 29.7 Å². The van der Waals surface area contributed by atoms with Crippen LogP contribution in [0.4, 0.5) is 5.69 Å². The first-order valence-corrected chi connectivity index (χ1v) is 24.2. The van der Waals surface area contributed by atoms with Gasteiger partial charge >= 0.3 is 0 Å². The van der Waals surface area contributed by atoms with Crippen molar-refractivity contribution in [2.75, 3.05) is 72.4 Å². The van der Waals surface area contributed by atoms with Crippen molar-refractivity contribution in [1.29, 1.82) is 0 Å². The summed E-state index contributed by atoms with van der Waals surface area (Å²) >= 11 is 0. The highest BCUT2D eigenvalue weighted by molar-refractivity contribution is 6.09. The number of amides is 2. The number of phenols is 2. The van der Waals surface area contributed by atoms with Crippen LogP contribution in [0.1, 0.15) is 72.6 Å². The number of phenolic OH excluding ortho intramolecular Hbond substituents is 2. The molecule has 3 aliphatic heterocycles. The number of hydrogen-bond acceptors (Lipinski definition) is 11. The molecule has 9 rings (SSSR count). The number of fused-ring (bicyclic) bond motifs is 3. The highest BCUT2D eigenvalue weighted by Crippen LogP contribution is 2.42. The second kappa shape index (κ2) is 21.1. The molecule has 4 aliphatic rings. The third-order valence-electron chi connectivity index (χ3n) is 13.6. The van der Waals surface area contributed by atoms with Gasteiger partial charge in [0.2, 0.25) is 5.36 Å². The molecule has 0 bridgehead atoms. The first-order valence-electron chi connectivity index (χ1n) is 24.2. The van der Waals surface area contributed by atoms with E-state index in [1.54, 1.807) is 17.0 Å². The number of unbranched alkanes of at least 4 members (excludes halogenated alkanes) is 2. The van der Waals surface area contributed by atoms with Crippen molar-refractivity contribution >= 4 is 34.4 Å². The molecule has 3 N–H and O–H groups in total. The molecule has 0 atom stereocenters. The molecule has 1 aliphatic carbocycles. The minimum atomic E-state index is -1.37. The van der Waals surface area contributed by atoms with Gasteiger partial charge in [0.15, 0.2) is 0 Å². The molecule has 0 aromatic heterocycles. The summed E-state index contributed by atoms with van der Waals surface area (Å²) in [6.45, 7) is 7.07. The minimum Gasteiger partial charge on any atom is -0.545 e. The number of carbonyl (C=O) groups excluding carboxylic acids is 3. The lowest BCUT2D eigenvalue weighted by Gasteiger charge is -2.34. The van der Waals surface area contributed by atoms with Crippen LogP contribution in [0.5, 0.6) is 17.2 Å². The molecule has 5 aromatic rings. The number of ether oxygens (including phenoxy) is 1. The van der Waals surface area contributed by atoms with Gasteiger partial charge in [0.25, 0.3) is 11.8 Å². The van der Waals surface area contributed by atoms with E-state index < -0.39 is 5.97 Å². The molecule has 0 saturated carbocycles. The third kappa shape index (κ3) is 10.9. The van der Waals surface area contributed by atoms with Gasteiger partial charge in [0.1, 0.15) is 54.9 Å². The van der Waals surface area contributed by atoms with Gasteiger partial charge < -0.3 is 49.3 Å². The number of carbonyl (C=O) groups is 3. The number of aromatic carboxylic acids is 1. The molecule has 3 heterocycles. The number of piperazine rings is 1. The third-order valence-corrected chi connectivity index (χ3v) is 13.6. The number of aromatic hydroxyl groups is 2. The Balaban J connectivity index is 0.740. The summed E-state index contributed by atoms with van der Waals surface area (Å²) < 4.78 is 14.4. The van der Waals surface area contributed by atoms with Gasteiger partial charge in [0.05, 0.1) is 12.0 Å². The van der Waals surface area contributed by atoms with Crippen molar-refractivity contribution < 1.29 is 38.9 Å². The zero-order valence-corrected chi connectivity index (χ0v) is 40.7. The van der Waals surface area contributed by atoms with E-state index in [-0.39, 0.29) is 52.4 Å². The number of nitrogens with zero attached hydrogens (tertiary/aromatic N) is 5. The zero-order chi connectivity index (χ0) is 49.8. The second-order valence-electron chi connectivity index (χ2n) is 19.0. The Labute approximate surface area is 413 Å². The molecule has 1 fully saturated rings. The number of rotatable bonds is 16. The van der Waals surface area contributed by atoms with Crippen LogP contribution in [-0.2, 0) is 26.2 Å². The van der Waals surface area contributed by atoms with Gasteiger partial charge in [-0.3, -0.25) is 14.5 Å². The topological polar surface area (TPSA) is 165 Å². The molecule has 5 aromatic carbocycles. The van der Waals surface area contributed by atoms with E-state index in [0.717, 1.165) is 97.2 Å². The normalized spacial score (nSPS) is 13.9. The summed E-state index contributed by atoms with van der Waals surface area (Å²) in [5.41, 5.74) is 7.90. The Morgan fingerprint density at radius 3 is 2.30 bits per heavy atom. The maximum absolute atomic E-state index is 13.8. The highest BCUT2D eigenvalue weighted by atomic mass is 16.5. The number of benzene rings is 6. The van der Waals surface area contributed by atoms with Crippen molar-refractivity contribution in [2.45, 2.75) is 45.5 Å². The minimum absolute atomic E-state index is 0.0349. The predicted molar refractivity (Wildman–Crippen MR) is 273 cm³/mol. The van der Waals surface area contributed by atoms with Gasteiger partial charge in [-0.1, -0.05) is 61.0 Å². The van der Waals surface area contributed by atoms with E-state index >= 15 is 0 Å². The van der Waals surface area contributed by atoms with Gasteiger partial charge in [0, 0.05) is 124 Å². The number of carboxylic acid groups (broad SMARTS) is 1. The largest absolute Gasteiger partial charge is 0.545 e. The molecule has 1 saturated heterocycles. The van der Waals surface area contributed by atoms with Crippen LogP contribution in [0.3, 0.4) is 0 Å². The average molecular weight is 957 g/mol. The highest BCUT2D eigenvalue weighted by Gasteiger charge is 2.30. The first-order chi connectivity index (χ1) is 34.3. The number of hydrogen-bond donors (Lipinski definition) is 3. The quantitative estimate of drug-likeness (QED) is 0.0548. The van der Waals surface area contributed by atoms with Crippen molar-refractivity contribution in [3.63, 3.8) is 0 Å². The Bertz CT molecular complexity index is 3160. The van der Waals surface area contributed by atoms with Crippen molar-refractivity contribution in [1.82, 2.24) is 24.6 Å². The number of nitrogens with one attached hydrogen (secondary N) is 1. The average Bonchev–Trinajstić information content (AvgIpc) is 3.79. The van der Waals surface area contributed by atoms with Crippen LogP contribution in [0.25, 0.3) is 33.4 Å². The van der Waals surface area contributed by atoms with Crippen LogP contribution < -0.4 is 30.0 Å².